The topological polar surface area (TPSA) is 75.3 Å². The van der Waals surface area contributed by atoms with Crippen LogP contribution in [0.15, 0.2) is 71.9 Å². The predicted octanol–water partition coefficient (Wildman–Crippen LogP) is 4.76. The minimum Gasteiger partial charge on any atom is -0.497 e. The first-order chi connectivity index (χ1) is 15.8. The number of rotatable bonds is 5. The molecule has 0 saturated carbocycles. The summed E-state index contributed by atoms with van der Waals surface area (Å²) in [5.74, 6) is 1.26. The van der Waals surface area contributed by atoms with Gasteiger partial charge in [0, 0.05) is 41.8 Å². The van der Waals surface area contributed by atoms with Crippen molar-refractivity contribution < 1.29 is 17.9 Å². The zero-order valence-electron chi connectivity index (χ0n) is 18.7. The summed E-state index contributed by atoms with van der Waals surface area (Å²) in [5.41, 5.74) is 3.45. The van der Waals surface area contributed by atoms with Gasteiger partial charge in [0.15, 0.2) is 5.65 Å². The van der Waals surface area contributed by atoms with Crippen molar-refractivity contribution in [2.45, 2.75) is 11.8 Å². The highest BCUT2D eigenvalue weighted by atomic mass is 32.2. The molecule has 0 atom stereocenters. The van der Waals surface area contributed by atoms with E-state index in [9.17, 15) is 8.42 Å². The third-order valence-corrected chi connectivity index (χ3v) is 7.54. The molecule has 5 rings (SSSR count). The third kappa shape index (κ3) is 3.25. The molecule has 8 heteroatoms. The molecule has 0 bridgehead atoms. The van der Waals surface area contributed by atoms with Crippen LogP contribution in [0.4, 0.5) is 0 Å². The summed E-state index contributed by atoms with van der Waals surface area (Å²) in [6, 6.07) is 16.0. The van der Waals surface area contributed by atoms with Crippen LogP contribution in [0.1, 0.15) is 5.56 Å². The summed E-state index contributed by atoms with van der Waals surface area (Å²) >= 11 is 0. The van der Waals surface area contributed by atoms with Crippen LogP contribution < -0.4 is 9.47 Å². The van der Waals surface area contributed by atoms with E-state index in [1.165, 1.54) is 3.97 Å². The lowest BCUT2D eigenvalue weighted by atomic mass is 10.1. The summed E-state index contributed by atoms with van der Waals surface area (Å²) in [5, 5.41) is 1.55. The first-order valence-electron chi connectivity index (χ1n) is 10.4. The second kappa shape index (κ2) is 7.67. The van der Waals surface area contributed by atoms with Gasteiger partial charge in [-0.1, -0.05) is 17.7 Å². The Bertz CT molecular complexity index is 1610. The monoisotopic (exact) mass is 461 g/mol. The van der Waals surface area contributed by atoms with Gasteiger partial charge < -0.3 is 14.0 Å². The molecule has 168 valence electrons. The van der Waals surface area contributed by atoms with Crippen LogP contribution >= 0.6 is 0 Å². The second-order valence-electron chi connectivity index (χ2n) is 7.91. The van der Waals surface area contributed by atoms with Gasteiger partial charge in [-0.15, -0.1) is 0 Å². The molecule has 0 radical (unpaired) electrons. The van der Waals surface area contributed by atoms with Crippen molar-refractivity contribution >= 4 is 32.0 Å². The lowest BCUT2D eigenvalue weighted by Gasteiger charge is -2.12. The van der Waals surface area contributed by atoms with Gasteiger partial charge in [0.2, 0.25) is 0 Å². The first-order valence-corrected chi connectivity index (χ1v) is 11.8. The lowest BCUT2D eigenvalue weighted by Crippen LogP contribution is -2.14. The molecular formula is C25H23N3O4S. The molecule has 0 saturated heterocycles. The van der Waals surface area contributed by atoms with Crippen molar-refractivity contribution in [1.29, 1.82) is 0 Å². The van der Waals surface area contributed by atoms with E-state index >= 15 is 0 Å². The highest BCUT2D eigenvalue weighted by Crippen LogP contribution is 2.41. The summed E-state index contributed by atoms with van der Waals surface area (Å²) < 4.78 is 42.1. The van der Waals surface area contributed by atoms with Crippen LogP contribution in [0, 0.1) is 6.92 Å². The zero-order valence-corrected chi connectivity index (χ0v) is 19.6. The maximum Gasteiger partial charge on any atom is 0.269 e. The smallest absolute Gasteiger partial charge is 0.269 e. The van der Waals surface area contributed by atoms with Crippen molar-refractivity contribution in [3.63, 3.8) is 0 Å². The molecule has 0 N–H and O–H groups in total. The van der Waals surface area contributed by atoms with E-state index in [0.29, 0.717) is 22.8 Å². The normalized spacial score (nSPS) is 11.9. The highest BCUT2D eigenvalue weighted by Gasteiger charge is 2.27. The molecule has 5 aromatic rings. The zero-order chi connectivity index (χ0) is 23.3. The van der Waals surface area contributed by atoms with E-state index in [1.54, 1.807) is 50.7 Å². The van der Waals surface area contributed by atoms with Crippen LogP contribution in [0.25, 0.3) is 33.2 Å². The quantitative estimate of drug-likeness (QED) is 0.377. The molecule has 0 unspecified atom stereocenters. The van der Waals surface area contributed by atoms with E-state index < -0.39 is 10.0 Å². The molecule has 3 aromatic heterocycles. The van der Waals surface area contributed by atoms with Crippen molar-refractivity contribution in [2.75, 3.05) is 14.2 Å². The average molecular weight is 462 g/mol. The summed E-state index contributed by atoms with van der Waals surface area (Å²) in [4.78, 5) is 4.62. The maximum absolute atomic E-state index is 13.9. The number of hydrogen-bond acceptors (Lipinski definition) is 5. The Morgan fingerprint density at radius 2 is 1.73 bits per heavy atom. The summed E-state index contributed by atoms with van der Waals surface area (Å²) in [6.45, 7) is 1.92. The Labute approximate surface area is 191 Å². The Hall–Kier alpha value is -3.78. The van der Waals surface area contributed by atoms with Crippen molar-refractivity contribution in [3.05, 3.63) is 72.6 Å². The van der Waals surface area contributed by atoms with Crippen molar-refractivity contribution in [3.8, 4) is 22.8 Å². The van der Waals surface area contributed by atoms with Gasteiger partial charge in [-0.3, -0.25) is 0 Å². The van der Waals surface area contributed by atoms with E-state index in [4.69, 9.17) is 9.47 Å². The average Bonchev–Trinajstić information content (AvgIpc) is 3.37. The number of benzene rings is 2. The van der Waals surface area contributed by atoms with E-state index in [0.717, 1.165) is 27.4 Å². The van der Waals surface area contributed by atoms with Crippen LogP contribution in [0.3, 0.4) is 0 Å². The lowest BCUT2D eigenvalue weighted by molar-refractivity contribution is 0.397. The van der Waals surface area contributed by atoms with Gasteiger partial charge in [-0.2, -0.15) is 0 Å². The molecule has 3 heterocycles. The standard InChI is InChI=1S/C25H23N3O4S/c1-16-7-9-19(10-8-16)33(29,30)28-22(12-17-6-5-11-26-25(17)28)21-15-27(2)24-20(21)13-18(31-3)14-23(24)32-4/h5-15H,1-4H3. The highest BCUT2D eigenvalue weighted by molar-refractivity contribution is 7.90. The number of ether oxygens (including phenoxy) is 2. The van der Waals surface area contributed by atoms with Crippen LogP contribution in [-0.2, 0) is 17.1 Å². The fourth-order valence-electron chi connectivity index (χ4n) is 4.21. The molecule has 7 nitrogen and oxygen atoms in total. The van der Waals surface area contributed by atoms with E-state index in [1.807, 2.05) is 49.0 Å². The molecule has 2 aromatic carbocycles. The van der Waals surface area contributed by atoms with E-state index in [-0.39, 0.29) is 4.90 Å². The molecule has 0 amide bonds. The predicted molar refractivity (Wildman–Crippen MR) is 129 cm³/mol. The molecule has 0 spiro atoms. The molecule has 0 aliphatic carbocycles. The minimum atomic E-state index is -3.93. The van der Waals surface area contributed by atoms with Crippen LogP contribution in [0.2, 0.25) is 0 Å². The third-order valence-electron chi connectivity index (χ3n) is 5.83. The number of hydrogen-bond donors (Lipinski definition) is 0. The number of methoxy groups -OCH3 is 2. The van der Waals surface area contributed by atoms with Gasteiger partial charge in [0.1, 0.15) is 11.5 Å². The van der Waals surface area contributed by atoms with Crippen LogP contribution in [0.5, 0.6) is 11.5 Å². The SMILES string of the molecule is COc1cc(OC)c2c(c1)c(-c1cc3cccnc3n1S(=O)(=O)c1ccc(C)cc1)cn2C. The fraction of sp³-hybridized carbons (Fsp3) is 0.160. The number of aromatic nitrogens is 3. The molecular weight excluding hydrogens is 438 g/mol. The number of aryl methyl sites for hydroxylation is 2. The van der Waals surface area contributed by atoms with Gasteiger partial charge in [0.25, 0.3) is 10.0 Å². The minimum absolute atomic E-state index is 0.202. The molecule has 33 heavy (non-hydrogen) atoms. The van der Waals surface area contributed by atoms with Crippen molar-refractivity contribution in [1.82, 2.24) is 13.5 Å². The summed E-state index contributed by atoms with van der Waals surface area (Å²) in [6.07, 6.45) is 3.50. The first kappa shape index (κ1) is 21.1. The van der Waals surface area contributed by atoms with E-state index in [2.05, 4.69) is 4.98 Å². The second-order valence-corrected chi connectivity index (χ2v) is 9.69. The van der Waals surface area contributed by atoms with Gasteiger partial charge in [-0.05, 0) is 43.3 Å². The fourth-order valence-corrected chi connectivity index (χ4v) is 5.70. The number of nitrogens with zero attached hydrogens (tertiary/aromatic N) is 3. The maximum atomic E-state index is 13.9. The number of pyridine rings is 1. The molecule has 0 aliphatic heterocycles. The number of fused-ring (bicyclic) bond motifs is 2. The summed E-state index contributed by atoms with van der Waals surface area (Å²) in [7, 11) is 1.17. The van der Waals surface area contributed by atoms with Gasteiger partial charge in [-0.25, -0.2) is 17.4 Å². The van der Waals surface area contributed by atoms with Crippen LogP contribution in [-0.4, -0.2) is 36.2 Å². The molecule has 0 aliphatic rings. The Morgan fingerprint density at radius 3 is 2.42 bits per heavy atom. The largest absolute Gasteiger partial charge is 0.497 e. The Balaban J connectivity index is 1.88. The molecule has 0 fully saturated rings. The Kier molecular flexibility index (Phi) is 4.90. The van der Waals surface area contributed by atoms with Gasteiger partial charge in [0.05, 0.1) is 30.3 Å². The van der Waals surface area contributed by atoms with Crippen molar-refractivity contribution in [2.24, 2.45) is 7.05 Å². The van der Waals surface area contributed by atoms with Gasteiger partial charge >= 0.3 is 0 Å². The Morgan fingerprint density at radius 1 is 0.970 bits per heavy atom.